The molecule has 2 heterocycles. The van der Waals surface area contributed by atoms with Gasteiger partial charge in [0.15, 0.2) is 0 Å². The quantitative estimate of drug-likeness (QED) is 0.866. The maximum Gasteiger partial charge on any atom is 0.254 e. The number of benzene rings is 1. The van der Waals surface area contributed by atoms with Crippen molar-refractivity contribution in [3.8, 4) is 5.75 Å². The van der Waals surface area contributed by atoms with E-state index in [0.717, 1.165) is 44.0 Å². The Balaban J connectivity index is 1.59. The number of hydrogen-bond acceptors (Lipinski definition) is 4. The number of hydrogen-bond donors (Lipinski definition) is 0. The molecule has 0 aliphatic carbocycles. The van der Waals surface area contributed by atoms with Crippen molar-refractivity contribution in [3.05, 3.63) is 59.4 Å². The third-order valence-corrected chi connectivity index (χ3v) is 4.47. The van der Waals surface area contributed by atoms with E-state index in [1.807, 2.05) is 54.5 Å². The zero-order valence-electron chi connectivity index (χ0n) is 14.2. The molecule has 1 aromatic carbocycles. The van der Waals surface area contributed by atoms with E-state index in [0.29, 0.717) is 5.56 Å². The first-order valence-electron chi connectivity index (χ1n) is 8.22. The zero-order chi connectivity index (χ0) is 16.9. The van der Waals surface area contributed by atoms with Gasteiger partial charge in [-0.3, -0.25) is 14.7 Å². The fourth-order valence-corrected chi connectivity index (χ4v) is 2.99. The lowest BCUT2D eigenvalue weighted by atomic mass is 10.1. The highest BCUT2D eigenvalue weighted by Gasteiger charge is 2.22. The van der Waals surface area contributed by atoms with Crippen LogP contribution in [0.1, 0.15) is 21.5 Å². The summed E-state index contributed by atoms with van der Waals surface area (Å²) < 4.78 is 5.32. The van der Waals surface area contributed by atoms with Gasteiger partial charge in [0, 0.05) is 50.7 Å². The van der Waals surface area contributed by atoms with Crippen LogP contribution >= 0.6 is 0 Å². The van der Waals surface area contributed by atoms with Crippen LogP contribution in [0.5, 0.6) is 5.75 Å². The second-order valence-electron chi connectivity index (χ2n) is 6.11. The first kappa shape index (κ1) is 16.5. The third kappa shape index (κ3) is 3.74. The van der Waals surface area contributed by atoms with Gasteiger partial charge >= 0.3 is 0 Å². The Morgan fingerprint density at radius 1 is 1.12 bits per heavy atom. The first-order valence-corrected chi connectivity index (χ1v) is 8.22. The van der Waals surface area contributed by atoms with E-state index in [4.69, 9.17) is 4.74 Å². The number of piperazine rings is 1. The molecule has 0 unspecified atom stereocenters. The molecule has 5 heteroatoms. The van der Waals surface area contributed by atoms with Crippen LogP contribution in [0.3, 0.4) is 0 Å². The SMILES string of the molecule is COc1cc(C(=O)N2CCN(Cc3ccncc3)CC2)ccc1C. The molecular weight excluding hydrogens is 302 g/mol. The van der Waals surface area contributed by atoms with E-state index in [-0.39, 0.29) is 5.91 Å². The average Bonchev–Trinajstić information content (AvgIpc) is 2.63. The fraction of sp³-hybridized carbons (Fsp3) is 0.368. The molecule has 2 aromatic rings. The molecule has 1 fully saturated rings. The van der Waals surface area contributed by atoms with Crippen molar-refractivity contribution in [2.24, 2.45) is 0 Å². The Bertz CT molecular complexity index is 695. The summed E-state index contributed by atoms with van der Waals surface area (Å²) in [6.45, 7) is 6.15. The summed E-state index contributed by atoms with van der Waals surface area (Å²) in [7, 11) is 1.63. The molecule has 1 aliphatic rings. The van der Waals surface area contributed by atoms with Crippen molar-refractivity contribution in [1.29, 1.82) is 0 Å². The summed E-state index contributed by atoms with van der Waals surface area (Å²) in [6.07, 6.45) is 3.64. The van der Waals surface area contributed by atoms with Crippen LogP contribution in [0.25, 0.3) is 0 Å². The van der Waals surface area contributed by atoms with E-state index in [9.17, 15) is 4.79 Å². The lowest BCUT2D eigenvalue weighted by Gasteiger charge is -2.34. The predicted octanol–water partition coefficient (Wildman–Crippen LogP) is 2.36. The maximum atomic E-state index is 12.7. The minimum absolute atomic E-state index is 0.0804. The van der Waals surface area contributed by atoms with Gasteiger partial charge in [0.2, 0.25) is 0 Å². The van der Waals surface area contributed by atoms with Gasteiger partial charge in [0.05, 0.1) is 7.11 Å². The monoisotopic (exact) mass is 325 g/mol. The molecule has 1 aromatic heterocycles. The topological polar surface area (TPSA) is 45.7 Å². The van der Waals surface area contributed by atoms with Crippen LogP contribution in [0, 0.1) is 6.92 Å². The molecular formula is C19H23N3O2. The van der Waals surface area contributed by atoms with Crippen molar-refractivity contribution >= 4 is 5.91 Å². The molecule has 0 N–H and O–H groups in total. The van der Waals surface area contributed by atoms with Crippen LogP contribution in [0.4, 0.5) is 0 Å². The normalized spacial score (nSPS) is 15.3. The molecule has 0 radical (unpaired) electrons. The van der Waals surface area contributed by atoms with Gasteiger partial charge in [-0.15, -0.1) is 0 Å². The minimum atomic E-state index is 0.0804. The van der Waals surface area contributed by atoms with E-state index in [1.54, 1.807) is 7.11 Å². The number of carbonyl (C=O) groups excluding carboxylic acids is 1. The number of pyridine rings is 1. The van der Waals surface area contributed by atoms with Gasteiger partial charge in [0.25, 0.3) is 5.91 Å². The van der Waals surface area contributed by atoms with Crippen molar-refractivity contribution in [3.63, 3.8) is 0 Å². The van der Waals surface area contributed by atoms with Gasteiger partial charge in [-0.2, -0.15) is 0 Å². The van der Waals surface area contributed by atoms with Gasteiger partial charge in [-0.25, -0.2) is 0 Å². The highest BCUT2D eigenvalue weighted by atomic mass is 16.5. The van der Waals surface area contributed by atoms with Gasteiger partial charge in [0.1, 0.15) is 5.75 Å². The van der Waals surface area contributed by atoms with Crippen LogP contribution in [-0.2, 0) is 6.54 Å². The Morgan fingerprint density at radius 3 is 2.50 bits per heavy atom. The van der Waals surface area contributed by atoms with E-state index >= 15 is 0 Å². The summed E-state index contributed by atoms with van der Waals surface area (Å²) >= 11 is 0. The minimum Gasteiger partial charge on any atom is -0.496 e. The smallest absolute Gasteiger partial charge is 0.254 e. The lowest BCUT2D eigenvalue weighted by molar-refractivity contribution is 0.0628. The molecule has 1 amide bonds. The third-order valence-electron chi connectivity index (χ3n) is 4.47. The van der Waals surface area contributed by atoms with Crippen LogP contribution < -0.4 is 4.74 Å². The zero-order valence-corrected chi connectivity index (χ0v) is 14.2. The van der Waals surface area contributed by atoms with Crippen LogP contribution in [0.15, 0.2) is 42.7 Å². The molecule has 3 rings (SSSR count). The molecule has 1 aliphatic heterocycles. The molecule has 0 bridgehead atoms. The van der Waals surface area contributed by atoms with Crippen molar-refractivity contribution in [2.45, 2.75) is 13.5 Å². The Morgan fingerprint density at radius 2 is 1.83 bits per heavy atom. The van der Waals surface area contributed by atoms with E-state index in [2.05, 4.69) is 9.88 Å². The summed E-state index contributed by atoms with van der Waals surface area (Å²) in [5.74, 6) is 0.842. The molecule has 1 saturated heterocycles. The van der Waals surface area contributed by atoms with E-state index < -0.39 is 0 Å². The summed E-state index contributed by atoms with van der Waals surface area (Å²) in [4.78, 5) is 21.0. The van der Waals surface area contributed by atoms with Crippen molar-refractivity contribution < 1.29 is 9.53 Å². The number of carbonyl (C=O) groups is 1. The van der Waals surface area contributed by atoms with Gasteiger partial charge < -0.3 is 9.64 Å². The van der Waals surface area contributed by atoms with E-state index in [1.165, 1.54) is 5.56 Å². The highest BCUT2D eigenvalue weighted by Crippen LogP contribution is 2.20. The Hall–Kier alpha value is -2.40. The maximum absolute atomic E-state index is 12.7. The second-order valence-corrected chi connectivity index (χ2v) is 6.11. The highest BCUT2D eigenvalue weighted by molar-refractivity contribution is 5.94. The number of methoxy groups -OCH3 is 1. The van der Waals surface area contributed by atoms with Crippen LogP contribution in [0.2, 0.25) is 0 Å². The van der Waals surface area contributed by atoms with Gasteiger partial charge in [-0.05, 0) is 42.3 Å². The fourth-order valence-electron chi connectivity index (χ4n) is 2.99. The molecule has 5 nitrogen and oxygen atoms in total. The standard InChI is InChI=1S/C19H23N3O2/c1-15-3-4-17(13-18(15)24-2)19(23)22-11-9-21(10-12-22)14-16-5-7-20-8-6-16/h3-8,13H,9-12,14H2,1-2H3. The Kier molecular flexibility index (Phi) is 5.11. The Labute approximate surface area is 142 Å². The first-order chi connectivity index (χ1) is 11.7. The second kappa shape index (κ2) is 7.45. The number of rotatable bonds is 4. The lowest BCUT2D eigenvalue weighted by Crippen LogP contribution is -2.48. The predicted molar refractivity (Wildman–Crippen MR) is 93.1 cm³/mol. The van der Waals surface area contributed by atoms with Crippen LogP contribution in [-0.4, -0.2) is 54.0 Å². The van der Waals surface area contributed by atoms with Crippen molar-refractivity contribution in [1.82, 2.24) is 14.8 Å². The number of aryl methyl sites for hydroxylation is 1. The number of nitrogens with zero attached hydrogens (tertiary/aromatic N) is 3. The molecule has 0 spiro atoms. The van der Waals surface area contributed by atoms with Crippen molar-refractivity contribution in [2.75, 3.05) is 33.3 Å². The number of ether oxygens (including phenoxy) is 1. The summed E-state index contributed by atoms with van der Waals surface area (Å²) in [5.41, 5.74) is 2.99. The molecule has 126 valence electrons. The number of aromatic nitrogens is 1. The molecule has 0 atom stereocenters. The number of amides is 1. The largest absolute Gasteiger partial charge is 0.496 e. The average molecular weight is 325 g/mol. The molecule has 24 heavy (non-hydrogen) atoms. The summed E-state index contributed by atoms with van der Waals surface area (Å²) in [6, 6.07) is 9.72. The van der Waals surface area contributed by atoms with Gasteiger partial charge in [-0.1, -0.05) is 6.07 Å². The summed E-state index contributed by atoms with van der Waals surface area (Å²) in [5, 5.41) is 0. The molecule has 0 saturated carbocycles.